The molecule has 1 unspecified atom stereocenters. The van der Waals surface area contributed by atoms with Crippen LogP contribution < -0.4 is 11.1 Å². The molecule has 0 aromatic heterocycles. The van der Waals surface area contributed by atoms with Crippen molar-refractivity contribution in [3.8, 4) is 0 Å². The van der Waals surface area contributed by atoms with Gasteiger partial charge in [-0.2, -0.15) is 0 Å². The number of piperidine rings is 1. The van der Waals surface area contributed by atoms with E-state index in [1.165, 1.54) is 4.90 Å². The first kappa shape index (κ1) is 14.3. The molecule has 102 valence electrons. The molecular formula is C11H19N3O4. The number of carbonyl (C=O) groups is 3. The van der Waals surface area contributed by atoms with Gasteiger partial charge in [-0.25, -0.2) is 4.79 Å². The summed E-state index contributed by atoms with van der Waals surface area (Å²) in [5, 5.41) is 11.6. The number of hydrogen-bond acceptors (Lipinski definition) is 3. The average Bonchev–Trinajstić information content (AvgIpc) is 2.34. The van der Waals surface area contributed by atoms with Crippen molar-refractivity contribution in [3.05, 3.63) is 0 Å². The summed E-state index contributed by atoms with van der Waals surface area (Å²) < 4.78 is 0. The van der Waals surface area contributed by atoms with Gasteiger partial charge in [0.25, 0.3) is 0 Å². The van der Waals surface area contributed by atoms with E-state index in [9.17, 15) is 14.4 Å². The van der Waals surface area contributed by atoms with E-state index < -0.39 is 17.8 Å². The highest BCUT2D eigenvalue weighted by Crippen LogP contribution is 2.16. The van der Waals surface area contributed by atoms with Gasteiger partial charge in [-0.05, 0) is 19.3 Å². The molecule has 1 aliphatic heterocycles. The highest BCUT2D eigenvalue weighted by atomic mass is 16.4. The number of nitrogens with one attached hydrogen (secondary N) is 1. The lowest BCUT2D eigenvalue weighted by molar-refractivity contribution is -0.143. The lowest BCUT2D eigenvalue weighted by atomic mass is 9.99. The van der Waals surface area contributed by atoms with E-state index >= 15 is 0 Å². The van der Waals surface area contributed by atoms with Gasteiger partial charge in [0, 0.05) is 26.1 Å². The quantitative estimate of drug-likeness (QED) is 0.590. The highest BCUT2D eigenvalue weighted by molar-refractivity contribution is 5.76. The molecule has 18 heavy (non-hydrogen) atoms. The van der Waals surface area contributed by atoms with E-state index in [2.05, 4.69) is 5.32 Å². The molecule has 3 amide bonds. The van der Waals surface area contributed by atoms with Gasteiger partial charge in [-0.1, -0.05) is 0 Å². The summed E-state index contributed by atoms with van der Waals surface area (Å²) in [4.78, 5) is 34.6. The number of rotatable bonds is 5. The first-order valence-electron chi connectivity index (χ1n) is 6.04. The maximum atomic E-state index is 11.7. The summed E-state index contributed by atoms with van der Waals surface area (Å²) in [6.45, 7) is 1.19. The molecule has 0 radical (unpaired) electrons. The Morgan fingerprint density at radius 1 is 1.39 bits per heavy atom. The van der Waals surface area contributed by atoms with Crippen molar-refractivity contribution in [1.29, 1.82) is 0 Å². The van der Waals surface area contributed by atoms with E-state index in [0.717, 1.165) is 0 Å². The molecule has 1 rings (SSSR count). The molecule has 1 aliphatic rings. The number of nitrogens with zero attached hydrogens (tertiary/aromatic N) is 1. The van der Waals surface area contributed by atoms with Gasteiger partial charge in [0.15, 0.2) is 0 Å². The third kappa shape index (κ3) is 4.60. The van der Waals surface area contributed by atoms with Crippen LogP contribution in [0.5, 0.6) is 0 Å². The Morgan fingerprint density at radius 2 is 2.11 bits per heavy atom. The molecule has 1 heterocycles. The van der Waals surface area contributed by atoms with Crippen LogP contribution in [0, 0.1) is 5.92 Å². The van der Waals surface area contributed by atoms with Crippen molar-refractivity contribution in [2.75, 3.05) is 19.6 Å². The Hall–Kier alpha value is -1.79. The third-order valence-corrected chi connectivity index (χ3v) is 2.93. The minimum Gasteiger partial charge on any atom is -0.481 e. The Bertz CT molecular complexity index is 332. The zero-order valence-corrected chi connectivity index (χ0v) is 10.2. The number of likely N-dealkylation sites (tertiary alicyclic amines) is 1. The zero-order chi connectivity index (χ0) is 13.5. The lowest BCUT2D eigenvalue weighted by Crippen LogP contribution is -2.47. The van der Waals surface area contributed by atoms with Crippen LogP contribution >= 0.6 is 0 Å². The number of aliphatic carboxylic acids is 1. The Labute approximate surface area is 105 Å². The molecule has 7 heteroatoms. The van der Waals surface area contributed by atoms with Gasteiger partial charge in [0.1, 0.15) is 0 Å². The largest absolute Gasteiger partial charge is 0.481 e. The van der Waals surface area contributed by atoms with Gasteiger partial charge in [0.05, 0.1) is 5.92 Å². The number of amides is 3. The van der Waals surface area contributed by atoms with E-state index in [1.54, 1.807) is 0 Å². The standard InChI is InChI=1S/C11H19N3O4/c12-9(15)4-1-5-13-11(18)14-6-2-3-8(7-14)10(16)17/h8H,1-7H2,(H2,12,15)(H,13,18)(H,16,17). The minimum absolute atomic E-state index is 0.234. The summed E-state index contributed by atoms with van der Waals surface area (Å²) in [5.74, 6) is -1.73. The second-order valence-electron chi connectivity index (χ2n) is 4.43. The van der Waals surface area contributed by atoms with Crippen LogP contribution in [-0.2, 0) is 9.59 Å². The Balaban J connectivity index is 2.28. The Kier molecular flexibility index (Phi) is 5.41. The maximum Gasteiger partial charge on any atom is 0.317 e. The number of nitrogens with two attached hydrogens (primary N) is 1. The average molecular weight is 257 g/mol. The molecule has 0 aromatic carbocycles. The molecule has 0 spiro atoms. The minimum atomic E-state index is -0.860. The van der Waals surface area contributed by atoms with Gasteiger partial charge in [-0.15, -0.1) is 0 Å². The summed E-state index contributed by atoms with van der Waals surface area (Å²) in [6.07, 6.45) is 2.04. The van der Waals surface area contributed by atoms with Crippen LogP contribution in [0.1, 0.15) is 25.7 Å². The van der Waals surface area contributed by atoms with E-state index in [0.29, 0.717) is 32.4 Å². The molecule has 0 saturated carbocycles. The molecule has 1 saturated heterocycles. The predicted octanol–water partition coefficient (Wildman–Crippen LogP) is -0.242. The van der Waals surface area contributed by atoms with Crippen LogP contribution in [-0.4, -0.2) is 47.5 Å². The van der Waals surface area contributed by atoms with Crippen molar-refractivity contribution in [1.82, 2.24) is 10.2 Å². The second kappa shape index (κ2) is 6.83. The molecule has 1 fully saturated rings. The summed E-state index contributed by atoms with van der Waals surface area (Å²) in [5.41, 5.74) is 4.98. The summed E-state index contributed by atoms with van der Waals surface area (Å²) in [6, 6.07) is -0.273. The molecule has 0 bridgehead atoms. The monoisotopic (exact) mass is 257 g/mol. The first-order chi connectivity index (χ1) is 8.50. The van der Waals surface area contributed by atoms with E-state index in [4.69, 9.17) is 10.8 Å². The smallest absolute Gasteiger partial charge is 0.317 e. The second-order valence-corrected chi connectivity index (χ2v) is 4.43. The molecule has 1 atom stereocenters. The van der Waals surface area contributed by atoms with Crippen LogP contribution in [0.4, 0.5) is 4.79 Å². The topological polar surface area (TPSA) is 113 Å². The number of primary amides is 1. The lowest BCUT2D eigenvalue weighted by Gasteiger charge is -2.30. The van der Waals surface area contributed by atoms with Crippen LogP contribution in [0.15, 0.2) is 0 Å². The fourth-order valence-corrected chi connectivity index (χ4v) is 1.93. The van der Waals surface area contributed by atoms with Crippen molar-refractivity contribution in [2.45, 2.75) is 25.7 Å². The van der Waals surface area contributed by atoms with Crippen LogP contribution in [0.25, 0.3) is 0 Å². The third-order valence-electron chi connectivity index (χ3n) is 2.93. The van der Waals surface area contributed by atoms with Gasteiger partial charge >= 0.3 is 12.0 Å². The summed E-state index contributed by atoms with van der Waals surface area (Å²) >= 11 is 0. The highest BCUT2D eigenvalue weighted by Gasteiger charge is 2.27. The van der Waals surface area contributed by atoms with Crippen molar-refractivity contribution in [2.24, 2.45) is 11.7 Å². The van der Waals surface area contributed by atoms with Crippen molar-refractivity contribution in [3.63, 3.8) is 0 Å². The van der Waals surface area contributed by atoms with Crippen molar-refractivity contribution >= 4 is 17.9 Å². The van der Waals surface area contributed by atoms with Crippen LogP contribution in [0.3, 0.4) is 0 Å². The number of carboxylic acid groups (broad SMARTS) is 1. The fourth-order valence-electron chi connectivity index (χ4n) is 1.93. The maximum absolute atomic E-state index is 11.7. The molecule has 0 aliphatic carbocycles. The number of hydrogen-bond donors (Lipinski definition) is 3. The SMILES string of the molecule is NC(=O)CCCNC(=O)N1CCCC(C(=O)O)C1. The number of urea groups is 1. The first-order valence-corrected chi connectivity index (χ1v) is 6.04. The van der Waals surface area contributed by atoms with Crippen molar-refractivity contribution < 1.29 is 19.5 Å². The normalized spacial score (nSPS) is 19.3. The van der Waals surface area contributed by atoms with Crippen LogP contribution in [0.2, 0.25) is 0 Å². The van der Waals surface area contributed by atoms with Gasteiger partial charge < -0.3 is 21.1 Å². The number of carbonyl (C=O) groups excluding carboxylic acids is 2. The summed E-state index contributed by atoms with van der Waals surface area (Å²) in [7, 11) is 0. The van der Waals surface area contributed by atoms with E-state index in [1.807, 2.05) is 0 Å². The fraction of sp³-hybridized carbons (Fsp3) is 0.727. The Morgan fingerprint density at radius 3 is 2.72 bits per heavy atom. The zero-order valence-electron chi connectivity index (χ0n) is 10.2. The van der Waals surface area contributed by atoms with Gasteiger partial charge in [0.2, 0.25) is 5.91 Å². The molecule has 7 nitrogen and oxygen atoms in total. The van der Waals surface area contributed by atoms with E-state index in [-0.39, 0.29) is 19.0 Å². The number of carboxylic acids is 1. The molecule has 4 N–H and O–H groups in total. The predicted molar refractivity (Wildman–Crippen MR) is 63.8 cm³/mol. The molecule has 0 aromatic rings. The van der Waals surface area contributed by atoms with Gasteiger partial charge in [-0.3, -0.25) is 9.59 Å². The molecular weight excluding hydrogens is 238 g/mol.